The van der Waals surface area contributed by atoms with E-state index in [1.54, 1.807) is 30.9 Å². The van der Waals surface area contributed by atoms with Crippen molar-refractivity contribution < 1.29 is 23.5 Å². The minimum absolute atomic E-state index is 0.157. The quantitative estimate of drug-likeness (QED) is 0.733. The molecule has 26 heavy (non-hydrogen) atoms. The van der Waals surface area contributed by atoms with E-state index >= 15 is 0 Å². The number of halogens is 2. The second kappa shape index (κ2) is 7.82. The molecule has 2 fully saturated rings. The van der Waals surface area contributed by atoms with Crippen LogP contribution in [0.2, 0.25) is 5.02 Å². The molecular formula is C19H23ClFNO4. The van der Waals surface area contributed by atoms with Crippen LogP contribution < -0.4 is 0 Å². The molecule has 2 aliphatic rings. The Balaban J connectivity index is 1.48. The number of rotatable bonds is 4. The highest BCUT2D eigenvalue weighted by Crippen LogP contribution is 2.51. The number of benzene rings is 1. The highest BCUT2D eigenvalue weighted by molar-refractivity contribution is 6.31. The lowest BCUT2D eigenvalue weighted by molar-refractivity contribution is -0.152. The van der Waals surface area contributed by atoms with Gasteiger partial charge in [0.1, 0.15) is 11.9 Å². The average molecular weight is 384 g/mol. The van der Waals surface area contributed by atoms with Gasteiger partial charge in [0.25, 0.3) is 0 Å². The summed E-state index contributed by atoms with van der Waals surface area (Å²) in [6.45, 7) is 4.61. The van der Waals surface area contributed by atoms with Crippen molar-refractivity contribution in [1.82, 2.24) is 4.90 Å². The zero-order valence-corrected chi connectivity index (χ0v) is 15.7. The zero-order valence-electron chi connectivity index (χ0n) is 14.9. The van der Waals surface area contributed by atoms with Crippen LogP contribution in [0.15, 0.2) is 18.2 Å². The Hall–Kier alpha value is -1.82. The van der Waals surface area contributed by atoms with E-state index in [1.807, 2.05) is 0 Å². The number of nitrogens with zero attached hydrogens (tertiary/aromatic N) is 1. The predicted octanol–water partition coefficient (Wildman–Crippen LogP) is 4.14. The average Bonchev–Trinajstić information content (AvgIpc) is 3.35. The standard InChI is InChI=1S/C19H23ClFNO4/c1-11(2)25-19(24)22-8-6-12(7-9-22)26-18(23)14-10-13(14)17-15(20)4-3-5-16(17)21/h3-5,11-14H,6-10H2,1-2H3/t13-,14-/m1/s1. The molecule has 0 radical (unpaired) electrons. The van der Waals surface area contributed by atoms with Crippen LogP contribution in [0.4, 0.5) is 9.18 Å². The molecular weight excluding hydrogens is 361 g/mol. The van der Waals surface area contributed by atoms with Crippen LogP contribution in [0, 0.1) is 11.7 Å². The third-order valence-electron chi connectivity index (χ3n) is 4.78. The van der Waals surface area contributed by atoms with Crippen molar-refractivity contribution in [2.24, 2.45) is 5.92 Å². The number of ether oxygens (including phenoxy) is 2. The van der Waals surface area contributed by atoms with Crippen molar-refractivity contribution in [3.8, 4) is 0 Å². The van der Waals surface area contributed by atoms with Crippen LogP contribution in [-0.4, -0.2) is 42.3 Å². The number of hydrogen-bond acceptors (Lipinski definition) is 4. The summed E-state index contributed by atoms with van der Waals surface area (Å²) in [5.41, 5.74) is 0.405. The fraction of sp³-hybridized carbons (Fsp3) is 0.579. The number of likely N-dealkylation sites (tertiary alicyclic amines) is 1. The minimum Gasteiger partial charge on any atom is -0.462 e. The summed E-state index contributed by atoms with van der Waals surface area (Å²) in [7, 11) is 0. The molecule has 0 bridgehead atoms. The smallest absolute Gasteiger partial charge is 0.410 e. The van der Waals surface area contributed by atoms with Gasteiger partial charge in [-0.1, -0.05) is 17.7 Å². The van der Waals surface area contributed by atoms with Crippen molar-refractivity contribution >= 4 is 23.7 Å². The molecule has 1 aromatic carbocycles. The molecule has 0 unspecified atom stereocenters. The highest BCUT2D eigenvalue weighted by atomic mass is 35.5. The second-order valence-electron chi connectivity index (χ2n) is 7.14. The first-order chi connectivity index (χ1) is 12.4. The van der Waals surface area contributed by atoms with Gasteiger partial charge in [-0.3, -0.25) is 4.79 Å². The largest absolute Gasteiger partial charge is 0.462 e. The predicted molar refractivity (Wildman–Crippen MR) is 94.6 cm³/mol. The van der Waals surface area contributed by atoms with Gasteiger partial charge in [-0.15, -0.1) is 0 Å². The monoisotopic (exact) mass is 383 g/mol. The summed E-state index contributed by atoms with van der Waals surface area (Å²) >= 11 is 6.07. The molecule has 1 aliphatic heterocycles. The van der Waals surface area contributed by atoms with E-state index in [1.165, 1.54) is 6.07 Å². The van der Waals surface area contributed by atoms with Gasteiger partial charge in [0, 0.05) is 42.4 Å². The van der Waals surface area contributed by atoms with E-state index in [0.29, 0.717) is 42.9 Å². The summed E-state index contributed by atoms with van der Waals surface area (Å²) < 4.78 is 24.7. The van der Waals surface area contributed by atoms with Crippen LogP contribution in [-0.2, 0) is 14.3 Å². The van der Waals surface area contributed by atoms with Gasteiger partial charge in [-0.2, -0.15) is 0 Å². The van der Waals surface area contributed by atoms with Gasteiger partial charge in [0.05, 0.1) is 12.0 Å². The van der Waals surface area contributed by atoms with Crippen LogP contribution in [0.5, 0.6) is 0 Å². The molecule has 1 amide bonds. The molecule has 0 N–H and O–H groups in total. The number of piperidine rings is 1. The molecule has 1 saturated carbocycles. The number of amides is 1. The lowest BCUT2D eigenvalue weighted by Crippen LogP contribution is -2.42. The minimum atomic E-state index is -0.380. The van der Waals surface area contributed by atoms with Crippen LogP contribution in [0.1, 0.15) is 44.6 Å². The van der Waals surface area contributed by atoms with Crippen molar-refractivity contribution in [2.45, 2.75) is 51.2 Å². The van der Waals surface area contributed by atoms with Gasteiger partial charge in [0.2, 0.25) is 0 Å². The lowest BCUT2D eigenvalue weighted by Gasteiger charge is -2.31. The Kier molecular flexibility index (Phi) is 5.70. The molecule has 1 heterocycles. The first kappa shape index (κ1) is 19.0. The molecule has 1 aromatic rings. The Bertz CT molecular complexity index is 668. The Morgan fingerprint density at radius 1 is 1.27 bits per heavy atom. The molecule has 1 saturated heterocycles. The van der Waals surface area contributed by atoms with Crippen LogP contribution in [0.25, 0.3) is 0 Å². The van der Waals surface area contributed by atoms with Gasteiger partial charge in [-0.25, -0.2) is 9.18 Å². The third-order valence-corrected chi connectivity index (χ3v) is 5.11. The highest BCUT2D eigenvalue weighted by Gasteiger charge is 2.48. The van der Waals surface area contributed by atoms with Crippen molar-refractivity contribution in [2.75, 3.05) is 13.1 Å². The number of carbonyl (C=O) groups excluding carboxylic acids is 2. The van der Waals surface area contributed by atoms with E-state index in [9.17, 15) is 14.0 Å². The molecule has 142 valence electrons. The Labute approximate surface area is 157 Å². The lowest BCUT2D eigenvalue weighted by atomic mass is 10.1. The first-order valence-corrected chi connectivity index (χ1v) is 9.34. The van der Waals surface area contributed by atoms with Crippen LogP contribution in [0.3, 0.4) is 0 Å². The van der Waals surface area contributed by atoms with E-state index in [0.717, 1.165) is 0 Å². The molecule has 7 heteroatoms. The summed E-state index contributed by atoms with van der Waals surface area (Å²) in [6, 6.07) is 4.54. The number of hydrogen-bond donors (Lipinski definition) is 0. The zero-order chi connectivity index (χ0) is 18.8. The Morgan fingerprint density at radius 3 is 2.58 bits per heavy atom. The molecule has 1 aliphatic carbocycles. The summed E-state index contributed by atoms with van der Waals surface area (Å²) in [4.78, 5) is 25.8. The maximum absolute atomic E-state index is 14.0. The maximum atomic E-state index is 14.0. The normalized spacial score (nSPS) is 23.0. The summed E-state index contributed by atoms with van der Waals surface area (Å²) in [5.74, 6) is -1.24. The Morgan fingerprint density at radius 2 is 1.96 bits per heavy atom. The van der Waals surface area contributed by atoms with Gasteiger partial charge < -0.3 is 14.4 Å². The van der Waals surface area contributed by atoms with E-state index in [4.69, 9.17) is 21.1 Å². The van der Waals surface area contributed by atoms with Gasteiger partial charge >= 0.3 is 12.1 Å². The summed E-state index contributed by atoms with van der Waals surface area (Å²) in [5, 5.41) is 0.349. The van der Waals surface area contributed by atoms with Crippen molar-refractivity contribution in [3.63, 3.8) is 0 Å². The second-order valence-corrected chi connectivity index (χ2v) is 7.55. The third kappa shape index (κ3) is 4.29. The van der Waals surface area contributed by atoms with Crippen molar-refractivity contribution in [3.05, 3.63) is 34.6 Å². The fourth-order valence-corrected chi connectivity index (χ4v) is 3.63. The van der Waals surface area contributed by atoms with Crippen molar-refractivity contribution in [1.29, 1.82) is 0 Å². The van der Waals surface area contributed by atoms with Gasteiger partial charge in [0.15, 0.2) is 0 Å². The first-order valence-electron chi connectivity index (χ1n) is 8.96. The van der Waals surface area contributed by atoms with E-state index in [2.05, 4.69) is 0 Å². The van der Waals surface area contributed by atoms with E-state index < -0.39 is 0 Å². The van der Waals surface area contributed by atoms with E-state index in [-0.39, 0.29) is 41.9 Å². The molecule has 0 spiro atoms. The fourth-order valence-electron chi connectivity index (χ4n) is 3.32. The van der Waals surface area contributed by atoms with Gasteiger partial charge in [-0.05, 0) is 32.4 Å². The topological polar surface area (TPSA) is 55.8 Å². The number of esters is 1. The molecule has 0 aromatic heterocycles. The maximum Gasteiger partial charge on any atom is 0.410 e. The van der Waals surface area contributed by atoms with Crippen LogP contribution >= 0.6 is 11.6 Å². The molecule has 3 rings (SSSR count). The SMILES string of the molecule is CC(C)OC(=O)N1CCC(OC(=O)[C@@H]2C[C@H]2c2c(F)cccc2Cl)CC1. The number of carbonyl (C=O) groups is 2. The molecule has 5 nitrogen and oxygen atoms in total. The summed E-state index contributed by atoms with van der Waals surface area (Å²) in [6.07, 6.45) is 1.01. The molecule has 2 atom stereocenters.